The van der Waals surface area contributed by atoms with E-state index in [0.29, 0.717) is 5.92 Å². The molecule has 2 rings (SSSR count). The molecule has 0 aromatic rings. The normalized spacial score (nSPS) is 32.7. The third kappa shape index (κ3) is 2.03. The Hall–Kier alpha value is -0.780. The number of aliphatic carboxylic acids is 1. The van der Waals surface area contributed by atoms with Crippen molar-refractivity contribution in [3.05, 3.63) is 0 Å². The molecule has 1 saturated heterocycles. The van der Waals surface area contributed by atoms with Crippen LogP contribution in [0.2, 0.25) is 0 Å². The number of nitrogens with zero attached hydrogens (tertiary/aromatic N) is 1. The van der Waals surface area contributed by atoms with Crippen LogP contribution < -0.4 is 0 Å². The fraction of sp³-hybridized carbons (Fsp3) is 0.909. The second-order valence-electron chi connectivity index (χ2n) is 5.18. The number of carboxylic acid groups (broad SMARTS) is 1. The molecule has 1 N–H and O–H groups in total. The molecule has 3 nitrogen and oxygen atoms in total. The Kier molecular flexibility index (Phi) is 2.88. The van der Waals surface area contributed by atoms with E-state index in [0.717, 1.165) is 12.8 Å². The first-order chi connectivity index (χ1) is 7.78. The molecule has 2 unspecified atom stereocenters. The molecule has 0 aromatic heterocycles. The Morgan fingerprint density at radius 2 is 2.06 bits per heavy atom. The summed E-state index contributed by atoms with van der Waals surface area (Å²) in [4.78, 5) is 12.7. The summed E-state index contributed by atoms with van der Waals surface area (Å²) in [5.41, 5.74) is -2.56. The summed E-state index contributed by atoms with van der Waals surface area (Å²) in [6.45, 7) is 1.72. The first kappa shape index (κ1) is 12.7. The number of likely N-dealkylation sites (tertiary alicyclic amines) is 1. The molecule has 1 saturated carbocycles. The van der Waals surface area contributed by atoms with Gasteiger partial charge < -0.3 is 5.11 Å². The van der Waals surface area contributed by atoms with Crippen molar-refractivity contribution in [1.82, 2.24) is 4.90 Å². The van der Waals surface area contributed by atoms with Gasteiger partial charge >= 0.3 is 12.1 Å². The first-order valence-electron chi connectivity index (χ1n) is 5.82. The summed E-state index contributed by atoms with van der Waals surface area (Å²) >= 11 is 0. The number of rotatable bonds is 3. The Balaban J connectivity index is 2.14. The second-order valence-corrected chi connectivity index (χ2v) is 5.18. The highest BCUT2D eigenvalue weighted by Crippen LogP contribution is 2.48. The maximum atomic E-state index is 12.9. The summed E-state index contributed by atoms with van der Waals surface area (Å²) in [6.07, 6.45) is -2.91. The van der Waals surface area contributed by atoms with Gasteiger partial charge in [-0.05, 0) is 38.6 Å². The van der Waals surface area contributed by atoms with Gasteiger partial charge in [0.05, 0.1) is 0 Å². The molecule has 17 heavy (non-hydrogen) atoms. The average Bonchev–Trinajstić information content (AvgIpc) is 2.93. The number of carbonyl (C=O) groups is 1. The number of carboxylic acids is 1. The van der Waals surface area contributed by atoms with Crippen molar-refractivity contribution in [2.24, 2.45) is 11.3 Å². The van der Waals surface area contributed by atoms with Gasteiger partial charge in [-0.25, -0.2) is 0 Å². The zero-order chi connectivity index (χ0) is 12.8. The highest BCUT2D eigenvalue weighted by Gasteiger charge is 2.64. The lowest BCUT2D eigenvalue weighted by molar-refractivity contribution is -0.227. The van der Waals surface area contributed by atoms with E-state index in [1.807, 2.05) is 6.92 Å². The summed E-state index contributed by atoms with van der Waals surface area (Å²) < 4.78 is 38.7. The summed E-state index contributed by atoms with van der Waals surface area (Å²) in [5, 5.41) is 8.91. The number of hydrogen-bond donors (Lipinski definition) is 1. The number of halogens is 3. The van der Waals surface area contributed by atoms with Gasteiger partial charge in [0, 0.05) is 12.6 Å². The van der Waals surface area contributed by atoms with Crippen LogP contribution in [0.1, 0.15) is 26.2 Å². The third-order valence-corrected chi connectivity index (χ3v) is 4.13. The SMILES string of the molecule is CC(C1CC1)N1CCC(C(=O)O)(C(F)(F)F)C1. The van der Waals surface area contributed by atoms with Crippen molar-refractivity contribution < 1.29 is 23.1 Å². The van der Waals surface area contributed by atoms with E-state index >= 15 is 0 Å². The van der Waals surface area contributed by atoms with E-state index in [1.54, 1.807) is 4.90 Å². The van der Waals surface area contributed by atoms with Gasteiger partial charge in [-0.15, -0.1) is 0 Å². The fourth-order valence-electron chi connectivity index (χ4n) is 2.59. The number of hydrogen-bond acceptors (Lipinski definition) is 2. The van der Waals surface area contributed by atoms with Gasteiger partial charge in [0.15, 0.2) is 5.41 Å². The highest BCUT2D eigenvalue weighted by atomic mass is 19.4. The van der Waals surface area contributed by atoms with Crippen LogP contribution in [0.3, 0.4) is 0 Å². The standard InChI is InChI=1S/C11H16F3NO2/c1-7(8-2-3-8)15-5-4-10(6-15,9(16)17)11(12,13)14/h7-8H,2-6H2,1H3,(H,16,17). The van der Waals surface area contributed by atoms with E-state index in [4.69, 9.17) is 5.11 Å². The summed E-state index contributed by atoms with van der Waals surface area (Å²) in [6, 6.07) is 0.0681. The van der Waals surface area contributed by atoms with Crippen molar-refractivity contribution in [1.29, 1.82) is 0 Å². The minimum atomic E-state index is -4.67. The van der Waals surface area contributed by atoms with Crippen LogP contribution in [0.5, 0.6) is 0 Å². The smallest absolute Gasteiger partial charge is 0.406 e. The molecule has 2 aliphatic rings. The quantitative estimate of drug-likeness (QED) is 0.835. The Bertz CT molecular complexity index is 327. The van der Waals surface area contributed by atoms with Crippen molar-refractivity contribution in [2.75, 3.05) is 13.1 Å². The van der Waals surface area contributed by atoms with Gasteiger partial charge in [0.25, 0.3) is 0 Å². The molecule has 0 radical (unpaired) electrons. The largest absolute Gasteiger partial charge is 0.481 e. The van der Waals surface area contributed by atoms with Gasteiger partial charge in [0.1, 0.15) is 0 Å². The van der Waals surface area contributed by atoms with E-state index in [2.05, 4.69) is 0 Å². The van der Waals surface area contributed by atoms with Crippen LogP contribution in [0.15, 0.2) is 0 Å². The fourth-order valence-corrected chi connectivity index (χ4v) is 2.59. The summed E-state index contributed by atoms with van der Waals surface area (Å²) in [7, 11) is 0. The van der Waals surface area contributed by atoms with Crippen LogP contribution in [0.4, 0.5) is 13.2 Å². The Morgan fingerprint density at radius 1 is 1.47 bits per heavy atom. The zero-order valence-electron chi connectivity index (χ0n) is 9.63. The third-order valence-electron chi connectivity index (χ3n) is 4.13. The predicted octanol–water partition coefficient (Wildman–Crippen LogP) is 2.12. The number of alkyl halides is 3. The predicted molar refractivity (Wildman–Crippen MR) is 54.5 cm³/mol. The molecule has 98 valence electrons. The molecular formula is C11H16F3NO2. The molecule has 2 fully saturated rings. The molecule has 0 amide bonds. The van der Waals surface area contributed by atoms with E-state index < -0.39 is 24.1 Å². The molecule has 2 atom stereocenters. The summed E-state index contributed by atoms with van der Waals surface area (Å²) in [5.74, 6) is -1.29. The van der Waals surface area contributed by atoms with Crippen LogP contribution in [-0.4, -0.2) is 41.3 Å². The Morgan fingerprint density at radius 3 is 2.41 bits per heavy atom. The molecule has 0 aromatic carbocycles. The Labute approximate surface area is 97.6 Å². The van der Waals surface area contributed by atoms with Crippen LogP contribution in [0, 0.1) is 11.3 Å². The first-order valence-corrected chi connectivity index (χ1v) is 5.82. The van der Waals surface area contributed by atoms with Gasteiger partial charge in [-0.1, -0.05) is 0 Å². The molecule has 6 heteroatoms. The molecular weight excluding hydrogens is 235 g/mol. The van der Waals surface area contributed by atoms with Gasteiger partial charge in [-0.2, -0.15) is 13.2 Å². The lowest BCUT2D eigenvalue weighted by Gasteiger charge is -2.29. The van der Waals surface area contributed by atoms with Crippen molar-refractivity contribution in [3.63, 3.8) is 0 Å². The average molecular weight is 251 g/mol. The van der Waals surface area contributed by atoms with E-state index in [9.17, 15) is 18.0 Å². The topological polar surface area (TPSA) is 40.5 Å². The maximum absolute atomic E-state index is 12.9. The highest BCUT2D eigenvalue weighted by molar-refractivity contribution is 5.76. The second kappa shape index (κ2) is 3.86. The van der Waals surface area contributed by atoms with Gasteiger partial charge in [-0.3, -0.25) is 9.69 Å². The van der Waals surface area contributed by atoms with Crippen molar-refractivity contribution >= 4 is 5.97 Å². The van der Waals surface area contributed by atoms with Crippen LogP contribution in [-0.2, 0) is 4.79 Å². The van der Waals surface area contributed by atoms with Crippen LogP contribution >= 0.6 is 0 Å². The van der Waals surface area contributed by atoms with E-state index in [-0.39, 0.29) is 19.0 Å². The minimum absolute atomic E-state index is 0.0681. The van der Waals surface area contributed by atoms with E-state index in [1.165, 1.54) is 0 Å². The molecule has 1 aliphatic carbocycles. The maximum Gasteiger partial charge on any atom is 0.406 e. The lowest BCUT2D eigenvalue weighted by Crippen LogP contribution is -2.48. The van der Waals surface area contributed by atoms with Crippen molar-refractivity contribution in [2.45, 2.75) is 38.4 Å². The molecule has 1 heterocycles. The molecule has 0 bridgehead atoms. The monoisotopic (exact) mass is 251 g/mol. The van der Waals surface area contributed by atoms with Crippen molar-refractivity contribution in [3.8, 4) is 0 Å². The molecule has 1 aliphatic heterocycles. The zero-order valence-corrected chi connectivity index (χ0v) is 9.63. The minimum Gasteiger partial charge on any atom is -0.481 e. The van der Waals surface area contributed by atoms with Crippen LogP contribution in [0.25, 0.3) is 0 Å². The van der Waals surface area contributed by atoms with Gasteiger partial charge in [0.2, 0.25) is 0 Å². The molecule has 0 spiro atoms. The lowest BCUT2D eigenvalue weighted by atomic mass is 9.86.